The van der Waals surface area contributed by atoms with Gasteiger partial charge in [-0.25, -0.2) is 4.79 Å². The first kappa shape index (κ1) is 18.4. The van der Waals surface area contributed by atoms with Crippen molar-refractivity contribution in [3.63, 3.8) is 0 Å². The predicted molar refractivity (Wildman–Crippen MR) is 84.1 cm³/mol. The van der Waals surface area contributed by atoms with Gasteiger partial charge < -0.3 is 4.74 Å². The lowest BCUT2D eigenvalue weighted by Gasteiger charge is -2.06. The Balaban J connectivity index is 0.000000287. The van der Waals surface area contributed by atoms with Crippen molar-refractivity contribution in [2.75, 3.05) is 7.11 Å². The molecule has 0 atom stereocenters. The van der Waals surface area contributed by atoms with Crippen LogP contribution in [0, 0.1) is 0 Å². The molecular formula is C14H12Cl2O5S. The van der Waals surface area contributed by atoms with Crippen molar-refractivity contribution in [3.05, 3.63) is 64.1 Å². The van der Waals surface area contributed by atoms with E-state index in [0.717, 1.165) is 12.1 Å². The van der Waals surface area contributed by atoms with Crippen LogP contribution in [0.2, 0.25) is 10.0 Å². The van der Waals surface area contributed by atoms with E-state index in [0.29, 0.717) is 0 Å². The van der Waals surface area contributed by atoms with Crippen molar-refractivity contribution in [1.82, 2.24) is 0 Å². The van der Waals surface area contributed by atoms with E-state index in [9.17, 15) is 13.2 Å². The number of ether oxygens (including phenoxy) is 1. The van der Waals surface area contributed by atoms with Crippen molar-refractivity contribution < 1.29 is 22.5 Å². The molecule has 0 saturated carbocycles. The molecule has 0 bridgehead atoms. The van der Waals surface area contributed by atoms with Crippen LogP contribution in [0.1, 0.15) is 10.4 Å². The first-order valence-electron chi connectivity index (χ1n) is 5.82. The highest BCUT2D eigenvalue weighted by atomic mass is 35.5. The Morgan fingerprint density at radius 1 is 1.05 bits per heavy atom. The summed E-state index contributed by atoms with van der Waals surface area (Å²) in [4.78, 5) is 10.5. The van der Waals surface area contributed by atoms with Crippen LogP contribution in [-0.4, -0.2) is 26.0 Å². The molecular weight excluding hydrogens is 351 g/mol. The summed E-state index contributed by atoms with van der Waals surface area (Å²) in [6.45, 7) is 0. The van der Waals surface area contributed by atoms with Crippen LogP contribution in [0.4, 0.5) is 0 Å². The minimum atomic E-state index is -4.55. The molecule has 1 N–H and O–H groups in total. The molecule has 0 radical (unpaired) electrons. The Morgan fingerprint density at radius 2 is 1.64 bits per heavy atom. The third kappa shape index (κ3) is 5.31. The van der Waals surface area contributed by atoms with Crippen LogP contribution < -0.4 is 0 Å². The molecule has 0 amide bonds. The molecule has 0 aliphatic carbocycles. The normalized spacial score (nSPS) is 10.4. The lowest BCUT2D eigenvalue weighted by molar-refractivity contribution is 0.0596. The highest BCUT2D eigenvalue weighted by Crippen LogP contribution is 2.25. The fourth-order valence-corrected chi connectivity index (χ4v) is 2.81. The minimum absolute atomic E-state index is 0.236. The zero-order chi connectivity index (χ0) is 16.8. The van der Waals surface area contributed by atoms with Gasteiger partial charge in [0.2, 0.25) is 0 Å². The van der Waals surface area contributed by atoms with Gasteiger partial charge in [0.05, 0.1) is 17.7 Å². The van der Waals surface area contributed by atoms with Gasteiger partial charge in [0.15, 0.2) is 0 Å². The van der Waals surface area contributed by atoms with E-state index >= 15 is 0 Å². The largest absolute Gasteiger partial charge is 0.465 e. The number of hydrogen-bond acceptors (Lipinski definition) is 4. The Morgan fingerprint density at radius 3 is 2.05 bits per heavy atom. The number of esters is 1. The van der Waals surface area contributed by atoms with Crippen LogP contribution >= 0.6 is 23.2 Å². The van der Waals surface area contributed by atoms with E-state index < -0.39 is 21.0 Å². The van der Waals surface area contributed by atoms with E-state index in [2.05, 4.69) is 4.74 Å². The zero-order valence-electron chi connectivity index (χ0n) is 11.4. The summed E-state index contributed by atoms with van der Waals surface area (Å²) in [5, 5.41) is 0.558. The van der Waals surface area contributed by atoms with Crippen molar-refractivity contribution >= 4 is 39.3 Å². The monoisotopic (exact) mass is 362 g/mol. The quantitative estimate of drug-likeness (QED) is 0.650. The van der Waals surface area contributed by atoms with Crippen molar-refractivity contribution in [1.29, 1.82) is 0 Å². The summed E-state index contributed by atoms with van der Waals surface area (Å²) in [5.41, 5.74) is -0.299. The maximum Gasteiger partial charge on any atom is 0.339 e. The molecule has 0 unspecified atom stereocenters. The molecule has 8 heteroatoms. The topological polar surface area (TPSA) is 80.7 Å². The van der Waals surface area contributed by atoms with Crippen LogP contribution in [0.5, 0.6) is 0 Å². The number of hydrogen-bond donors (Lipinski definition) is 1. The van der Waals surface area contributed by atoms with E-state index in [1.54, 1.807) is 0 Å². The fourth-order valence-electron chi connectivity index (χ4n) is 1.46. The summed E-state index contributed by atoms with van der Waals surface area (Å²) in [5.74, 6) is -0.884. The SMILES string of the molecule is COC(=O)c1cccc(Cl)c1S(=O)(=O)O.Clc1ccccc1. The Bertz CT molecular complexity index is 745. The molecule has 2 aromatic rings. The summed E-state index contributed by atoms with van der Waals surface area (Å²) in [6, 6.07) is 13.3. The highest BCUT2D eigenvalue weighted by Gasteiger charge is 2.23. The van der Waals surface area contributed by atoms with Gasteiger partial charge in [-0.15, -0.1) is 0 Å². The second-order valence-electron chi connectivity index (χ2n) is 3.88. The van der Waals surface area contributed by atoms with E-state index in [-0.39, 0.29) is 10.6 Å². The first-order valence-corrected chi connectivity index (χ1v) is 8.02. The lowest BCUT2D eigenvalue weighted by atomic mass is 10.2. The summed E-state index contributed by atoms with van der Waals surface area (Å²) >= 11 is 11.1. The molecule has 5 nitrogen and oxygen atoms in total. The van der Waals surface area contributed by atoms with Crippen molar-refractivity contribution in [2.24, 2.45) is 0 Å². The van der Waals surface area contributed by atoms with Crippen LogP contribution in [0.3, 0.4) is 0 Å². The van der Waals surface area contributed by atoms with Gasteiger partial charge in [-0.05, 0) is 24.3 Å². The average molecular weight is 363 g/mol. The third-order valence-electron chi connectivity index (χ3n) is 2.36. The van der Waals surface area contributed by atoms with Gasteiger partial charge in [0.25, 0.3) is 10.1 Å². The van der Waals surface area contributed by atoms with Crippen LogP contribution in [0.25, 0.3) is 0 Å². The molecule has 0 saturated heterocycles. The van der Waals surface area contributed by atoms with E-state index in [4.69, 9.17) is 27.8 Å². The van der Waals surface area contributed by atoms with Crippen molar-refractivity contribution in [2.45, 2.75) is 4.90 Å². The third-order valence-corrected chi connectivity index (χ3v) is 4.00. The number of carbonyl (C=O) groups is 1. The van der Waals surface area contributed by atoms with Crippen molar-refractivity contribution in [3.8, 4) is 0 Å². The van der Waals surface area contributed by atoms with Gasteiger partial charge in [-0.3, -0.25) is 4.55 Å². The molecule has 0 aliphatic rings. The second kappa shape index (κ2) is 8.14. The molecule has 0 heterocycles. The maximum atomic E-state index is 11.2. The standard InChI is InChI=1S/C8H7ClO5S.C6H5Cl/c1-14-8(10)5-3-2-4-6(9)7(5)15(11,12)13;7-6-4-2-1-3-5-6/h2-4H,1H3,(H,11,12,13);1-5H. The van der Waals surface area contributed by atoms with Crippen LogP contribution in [0.15, 0.2) is 53.4 Å². The van der Waals surface area contributed by atoms with E-state index in [1.165, 1.54) is 18.2 Å². The molecule has 0 fully saturated rings. The second-order valence-corrected chi connectivity index (χ2v) is 6.08. The molecule has 22 heavy (non-hydrogen) atoms. The lowest BCUT2D eigenvalue weighted by Crippen LogP contribution is -2.10. The minimum Gasteiger partial charge on any atom is -0.465 e. The molecule has 0 aromatic heterocycles. The molecule has 0 spiro atoms. The Labute approximate surface area is 138 Å². The average Bonchev–Trinajstić information content (AvgIpc) is 2.46. The predicted octanol–water partition coefficient (Wildman–Crippen LogP) is 3.71. The number of halogens is 2. The fraction of sp³-hybridized carbons (Fsp3) is 0.0714. The zero-order valence-corrected chi connectivity index (χ0v) is 13.7. The van der Waals surface area contributed by atoms with Gasteiger partial charge in [-0.1, -0.05) is 47.5 Å². The molecule has 0 aliphatic heterocycles. The maximum absolute atomic E-state index is 11.2. The summed E-state index contributed by atoms with van der Waals surface area (Å²) in [7, 11) is -3.46. The number of methoxy groups -OCH3 is 1. The number of carbonyl (C=O) groups excluding carboxylic acids is 1. The van der Waals surface area contributed by atoms with Crippen LogP contribution in [-0.2, 0) is 14.9 Å². The molecule has 2 aromatic carbocycles. The van der Waals surface area contributed by atoms with Gasteiger partial charge in [-0.2, -0.15) is 8.42 Å². The Hall–Kier alpha value is -1.60. The molecule has 118 valence electrons. The Kier molecular flexibility index (Phi) is 6.83. The number of rotatable bonds is 2. The van der Waals surface area contributed by atoms with E-state index in [1.807, 2.05) is 30.3 Å². The van der Waals surface area contributed by atoms with Gasteiger partial charge in [0, 0.05) is 5.02 Å². The van der Waals surface area contributed by atoms with Gasteiger partial charge >= 0.3 is 5.97 Å². The number of benzene rings is 2. The van der Waals surface area contributed by atoms with Gasteiger partial charge in [0.1, 0.15) is 4.90 Å². The highest BCUT2D eigenvalue weighted by molar-refractivity contribution is 7.86. The first-order chi connectivity index (χ1) is 10.3. The smallest absolute Gasteiger partial charge is 0.339 e. The summed E-state index contributed by atoms with van der Waals surface area (Å²) < 4.78 is 35.1. The summed E-state index contributed by atoms with van der Waals surface area (Å²) in [6.07, 6.45) is 0. The molecule has 2 rings (SSSR count).